The summed E-state index contributed by atoms with van der Waals surface area (Å²) in [6, 6.07) is 3.40. The summed E-state index contributed by atoms with van der Waals surface area (Å²) in [6.45, 7) is 2.73. The van der Waals surface area contributed by atoms with Crippen LogP contribution in [0.15, 0.2) is 18.3 Å². The van der Waals surface area contributed by atoms with E-state index in [4.69, 9.17) is 9.47 Å². The Hall–Kier alpha value is -1.62. The van der Waals surface area contributed by atoms with Gasteiger partial charge in [-0.1, -0.05) is 0 Å². The first kappa shape index (κ1) is 12.8. The fourth-order valence-electron chi connectivity index (χ4n) is 2.10. The number of aromatic nitrogens is 1. The number of nitrogens with zero attached hydrogens (tertiary/aromatic N) is 1. The number of rotatable bonds is 4. The van der Waals surface area contributed by atoms with Gasteiger partial charge in [0.2, 0.25) is 5.88 Å². The van der Waals surface area contributed by atoms with E-state index >= 15 is 0 Å². The molecule has 98 valence electrons. The Labute approximate surface area is 107 Å². The summed E-state index contributed by atoms with van der Waals surface area (Å²) in [5, 5.41) is 2.93. The van der Waals surface area contributed by atoms with Gasteiger partial charge in [0, 0.05) is 12.8 Å². The second kappa shape index (κ2) is 5.82. The third kappa shape index (κ3) is 2.79. The van der Waals surface area contributed by atoms with E-state index in [-0.39, 0.29) is 18.1 Å². The van der Waals surface area contributed by atoms with Crippen molar-refractivity contribution in [3.05, 3.63) is 23.9 Å². The number of hydrogen-bond donors (Lipinski definition) is 1. The average Bonchev–Trinajstić information content (AvgIpc) is 2.92. The Kier molecular flexibility index (Phi) is 4.15. The Morgan fingerprint density at radius 2 is 2.50 bits per heavy atom. The molecular weight excluding hydrogens is 232 g/mol. The van der Waals surface area contributed by atoms with Gasteiger partial charge in [-0.3, -0.25) is 4.79 Å². The van der Waals surface area contributed by atoms with Crippen LogP contribution in [0.3, 0.4) is 0 Å². The number of nitrogens with one attached hydrogen (secondary N) is 1. The highest BCUT2D eigenvalue weighted by Crippen LogP contribution is 2.17. The molecule has 0 aromatic carbocycles. The van der Waals surface area contributed by atoms with Crippen LogP contribution in [-0.4, -0.2) is 36.8 Å². The normalized spacial score (nSPS) is 20.4. The molecule has 5 heteroatoms. The van der Waals surface area contributed by atoms with E-state index in [0.29, 0.717) is 11.4 Å². The zero-order valence-corrected chi connectivity index (χ0v) is 10.7. The van der Waals surface area contributed by atoms with E-state index in [1.165, 1.54) is 7.11 Å². The Morgan fingerprint density at radius 1 is 1.67 bits per heavy atom. The fraction of sp³-hybridized carbons (Fsp3) is 0.538. The van der Waals surface area contributed by atoms with Gasteiger partial charge < -0.3 is 14.8 Å². The molecule has 1 fully saturated rings. The molecular formula is C13H18N2O3. The molecule has 1 aromatic rings. The van der Waals surface area contributed by atoms with E-state index in [1.54, 1.807) is 18.3 Å². The molecule has 0 spiro atoms. The van der Waals surface area contributed by atoms with Gasteiger partial charge in [0.05, 0.1) is 19.3 Å². The molecule has 1 N–H and O–H groups in total. The standard InChI is InChI=1S/C13H18N2O3/c1-9(11-6-4-8-18-11)15-12(16)10-5-3-7-14-13(10)17-2/h3,5,7,9,11H,4,6,8H2,1-2H3,(H,15,16)/t9-,11-/m0/s1. The Bertz CT molecular complexity index is 416. The van der Waals surface area contributed by atoms with Gasteiger partial charge in [-0.2, -0.15) is 0 Å². The lowest BCUT2D eigenvalue weighted by molar-refractivity contribution is 0.0710. The minimum absolute atomic E-state index is 0.00934. The van der Waals surface area contributed by atoms with Gasteiger partial charge >= 0.3 is 0 Å². The van der Waals surface area contributed by atoms with Crippen molar-refractivity contribution in [2.75, 3.05) is 13.7 Å². The number of hydrogen-bond acceptors (Lipinski definition) is 4. The molecule has 2 rings (SSSR count). The molecule has 2 heterocycles. The molecule has 0 aliphatic carbocycles. The minimum atomic E-state index is -0.178. The van der Waals surface area contributed by atoms with Crippen LogP contribution in [0, 0.1) is 0 Å². The molecule has 5 nitrogen and oxygen atoms in total. The predicted molar refractivity (Wildman–Crippen MR) is 66.7 cm³/mol. The summed E-state index contributed by atoms with van der Waals surface area (Å²) in [5.74, 6) is 0.164. The van der Waals surface area contributed by atoms with Crippen LogP contribution in [0.1, 0.15) is 30.1 Å². The molecule has 0 saturated carbocycles. The number of carbonyl (C=O) groups excluding carboxylic acids is 1. The first-order valence-corrected chi connectivity index (χ1v) is 6.14. The van der Waals surface area contributed by atoms with Crippen LogP contribution in [0.5, 0.6) is 5.88 Å². The van der Waals surface area contributed by atoms with E-state index in [1.807, 2.05) is 6.92 Å². The lowest BCUT2D eigenvalue weighted by atomic mass is 10.1. The van der Waals surface area contributed by atoms with Crippen molar-refractivity contribution in [2.45, 2.75) is 31.9 Å². The minimum Gasteiger partial charge on any atom is -0.480 e. The Morgan fingerprint density at radius 3 is 3.17 bits per heavy atom. The summed E-state index contributed by atoms with van der Waals surface area (Å²) in [4.78, 5) is 16.1. The van der Waals surface area contributed by atoms with Crippen LogP contribution >= 0.6 is 0 Å². The largest absolute Gasteiger partial charge is 0.480 e. The molecule has 1 amide bonds. The molecule has 0 bridgehead atoms. The summed E-state index contributed by atoms with van der Waals surface area (Å²) < 4.78 is 10.6. The lowest BCUT2D eigenvalue weighted by Crippen LogP contribution is -2.41. The van der Waals surface area contributed by atoms with Crippen LogP contribution in [0.4, 0.5) is 0 Å². The number of pyridine rings is 1. The van der Waals surface area contributed by atoms with Gasteiger partial charge in [0.25, 0.3) is 5.91 Å². The number of ether oxygens (including phenoxy) is 2. The highest BCUT2D eigenvalue weighted by atomic mass is 16.5. The van der Waals surface area contributed by atoms with Gasteiger partial charge in [0.15, 0.2) is 0 Å². The maximum atomic E-state index is 12.1. The summed E-state index contributed by atoms with van der Waals surface area (Å²) in [5.41, 5.74) is 0.449. The van der Waals surface area contributed by atoms with Gasteiger partial charge in [-0.15, -0.1) is 0 Å². The number of methoxy groups -OCH3 is 1. The van der Waals surface area contributed by atoms with Crippen molar-refractivity contribution >= 4 is 5.91 Å². The van der Waals surface area contributed by atoms with Crippen LogP contribution in [0.25, 0.3) is 0 Å². The van der Waals surface area contributed by atoms with E-state index < -0.39 is 0 Å². The zero-order valence-electron chi connectivity index (χ0n) is 10.7. The van der Waals surface area contributed by atoms with Crippen LogP contribution in [-0.2, 0) is 4.74 Å². The highest BCUT2D eigenvalue weighted by molar-refractivity contribution is 5.96. The fourth-order valence-corrected chi connectivity index (χ4v) is 2.10. The van der Waals surface area contributed by atoms with Crippen molar-refractivity contribution in [2.24, 2.45) is 0 Å². The van der Waals surface area contributed by atoms with E-state index in [0.717, 1.165) is 19.4 Å². The molecule has 1 aromatic heterocycles. The first-order chi connectivity index (χ1) is 8.72. The van der Waals surface area contributed by atoms with Gasteiger partial charge in [-0.25, -0.2) is 4.98 Å². The highest BCUT2D eigenvalue weighted by Gasteiger charge is 2.24. The van der Waals surface area contributed by atoms with E-state index in [9.17, 15) is 4.79 Å². The monoisotopic (exact) mass is 250 g/mol. The molecule has 1 aliphatic rings. The second-order valence-electron chi connectivity index (χ2n) is 4.37. The van der Waals surface area contributed by atoms with Crippen molar-refractivity contribution in [1.29, 1.82) is 0 Å². The molecule has 0 unspecified atom stereocenters. The molecule has 0 radical (unpaired) electrons. The quantitative estimate of drug-likeness (QED) is 0.877. The predicted octanol–water partition coefficient (Wildman–Crippen LogP) is 1.39. The summed E-state index contributed by atoms with van der Waals surface area (Å²) in [6.07, 6.45) is 3.75. The van der Waals surface area contributed by atoms with Crippen molar-refractivity contribution in [3.63, 3.8) is 0 Å². The number of carbonyl (C=O) groups is 1. The van der Waals surface area contributed by atoms with Gasteiger partial charge in [-0.05, 0) is 31.9 Å². The second-order valence-corrected chi connectivity index (χ2v) is 4.37. The molecule has 18 heavy (non-hydrogen) atoms. The van der Waals surface area contributed by atoms with E-state index in [2.05, 4.69) is 10.3 Å². The zero-order chi connectivity index (χ0) is 13.0. The Balaban J connectivity index is 2.02. The first-order valence-electron chi connectivity index (χ1n) is 6.14. The van der Waals surface area contributed by atoms with Gasteiger partial charge in [0.1, 0.15) is 5.56 Å². The van der Waals surface area contributed by atoms with Crippen molar-refractivity contribution in [3.8, 4) is 5.88 Å². The third-order valence-electron chi connectivity index (χ3n) is 3.09. The van der Waals surface area contributed by atoms with Crippen LogP contribution in [0.2, 0.25) is 0 Å². The SMILES string of the molecule is COc1ncccc1C(=O)N[C@@H](C)[C@@H]1CCCO1. The van der Waals surface area contributed by atoms with Crippen molar-refractivity contribution in [1.82, 2.24) is 10.3 Å². The smallest absolute Gasteiger partial charge is 0.257 e. The maximum Gasteiger partial charge on any atom is 0.257 e. The summed E-state index contributed by atoms with van der Waals surface area (Å²) in [7, 11) is 1.50. The topological polar surface area (TPSA) is 60.5 Å². The maximum absolute atomic E-state index is 12.1. The third-order valence-corrected chi connectivity index (χ3v) is 3.09. The average molecular weight is 250 g/mol. The van der Waals surface area contributed by atoms with Crippen molar-refractivity contribution < 1.29 is 14.3 Å². The molecule has 1 aliphatic heterocycles. The lowest BCUT2D eigenvalue weighted by Gasteiger charge is -2.20. The number of amides is 1. The van der Waals surface area contributed by atoms with Crippen LogP contribution < -0.4 is 10.1 Å². The summed E-state index contributed by atoms with van der Waals surface area (Å²) >= 11 is 0. The molecule has 1 saturated heterocycles. The molecule has 2 atom stereocenters.